The molecule has 0 aliphatic rings. The SMILES string of the molecule is C=CCOS(=O)(=O)c1cccc(S(=O)(=O)[O-])c1.[Na+]. The van der Waals surface area contributed by atoms with Gasteiger partial charge in [-0.1, -0.05) is 12.1 Å². The van der Waals surface area contributed by atoms with Crippen molar-refractivity contribution in [1.82, 2.24) is 0 Å². The average molecular weight is 300 g/mol. The van der Waals surface area contributed by atoms with Gasteiger partial charge in [-0.2, -0.15) is 8.42 Å². The summed E-state index contributed by atoms with van der Waals surface area (Å²) in [6.07, 6.45) is 1.23. The molecule has 1 aromatic rings. The van der Waals surface area contributed by atoms with E-state index >= 15 is 0 Å². The smallest absolute Gasteiger partial charge is 0.744 e. The molecule has 9 heteroatoms. The zero-order valence-corrected chi connectivity index (χ0v) is 13.2. The molecule has 0 heterocycles. The van der Waals surface area contributed by atoms with Gasteiger partial charge in [0.25, 0.3) is 10.1 Å². The van der Waals surface area contributed by atoms with Crippen molar-refractivity contribution in [3.05, 3.63) is 36.9 Å². The Morgan fingerprint density at radius 3 is 2.28 bits per heavy atom. The zero-order chi connectivity index (χ0) is 13.1. The molecular weight excluding hydrogens is 291 g/mol. The Bertz CT molecular complexity index is 620. The van der Waals surface area contributed by atoms with Crippen molar-refractivity contribution >= 4 is 20.2 Å². The third kappa shape index (κ3) is 4.81. The number of hydrogen-bond donors (Lipinski definition) is 0. The largest absolute Gasteiger partial charge is 1.00 e. The van der Waals surface area contributed by atoms with Crippen LogP contribution in [-0.4, -0.2) is 28.0 Å². The zero-order valence-electron chi connectivity index (χ0n) is 9.57. The van der Waals surface area contributed by atoms with Gasteiger partial charge in [-0.05, 0) is 18.2 Å². The molecule has 1 aromatic carbocycles. The van der Waals surface area contributed by atoms with Crippen LogP contribution in [0.15, 0.2) is 46.7 Å². The van der Waals surface area contributed by atoms with E-state index in [9.17, 15) is 21.4 Å². The van der Waals surface area contributed by atoms with Gasteiger partial charge in [-0.25, -0.2) is 8.42 Å². The van der Waals surface area contributed by atoms with Crippen LogP contribution >= 0.6 is 0 Å². The fourth-order valence-electron chi connectivity index (χ4n) is 0.991. The standard InChI is InChI=1S/C9H10O6S2.Na/c1-2-6-15-17(13,14)9-5-3-4-8(7-9)16(10,11)12;/h2-5,7H,1,6H2,(H,10,11,12);/q;+1/p-1. The second-order valence-corrected chi connectivity index (χ2v) is 5.95. The van der Waals surface area contributed by atoms with Crippen LogP contribution in [0.5, 0.6) is 0 Å². The molecule has 1 rings (SSSR count). The number of benzene rings is 1. The van der Waals surface area contributed by atoms with Crippen molar-refractivity contribution < 1.29 is 55.1 Å². The first-order valence-electron chi connectivity index (χ1n) is 4.33. The minimum Gasteiger partial charge on any atom is -0.744 e. The Balaban J connectivity index is 0.00000289. The Morgan fingerprint density at radius 2 is 1.78 bits per heavy atom. The molecule has 0 amide bonds. The summed E-state index contributed by atoms with van der Waals surface area (Å²) in [7, 11) is -8.78. The fourth-order valence-corrected chi connectivity index (χ4v) is 2.51. The molecule has 0 spiro atoms. The second-order valence-electron chi connectivity index (χ2n) is 2.96. The number of rotatable bonds is 5. The normalized spacial score (nSPS) is 11.6. The predicted molar refractivity (Wildman–Crippen MR) is 57.7 cm³/mol. The van der Waals surface area contributed by atoms with Crippen molar-refractivity contribution in [2.45, 2.75) is 9.79 Å². The van der Waals surface area contributed by atoms with Crippen molar-refractivity contribution in [1.29, 1.82) is 0 Å². The summed E-state index contributed by atoms with van der Waals surface area (Å²) in [5, 5.41) is 0. The van der Waals surface area contributed by atoms with E-state index in [2.05, 4.69) is 10.8 Å². The Hall–Kier alpha value is -0.220. The maximum Gasteiger partial charge on any atom is 1.00 e. The molecule has 0 saturated carbocycles. The van der Waals surface area contributed by atoms with E-state index in [1.165, 1.54) is 6.08 Å². The van der Waals surface area contributed by atoms with Gasteiger partial charge in [0.2, 0.25) is 0 Å². The molecule has 6 nitrogen and oxygen atoms in total. The first-order valence-corrected chi connectivity index (χ1v) is 7.15. The first kappa shape index (κ1) is 17.8. The summed E-state index contributed by atoms with van der Waals surface area (Å²) in [4.78, 5) is -1.02. The van der Waals surface area contributed by atoms with Crippen LogP contribution in [0.1, 0.15) is 0 Å². The van der Waals surface area contributed by atoms with E-state index in [-0.39, 0.29) is 36.2 Å². The maximum absolute atomic E-state index is 11.5. The monoisotopic (exact) mass is 300 g/mol. The molecule has 94 valence electrons. The molecule has 0 bridgehead atoms. The van der Waals surface area contributed by atoms with Crippen LogP contribution in [0.25, 0.3) is 0 Å². The van der Waals surface area contributed by atoms with Gasteiger partial charge < -0.3 is 4.55 Å². The van der Waals surface area contributed by atoms with E-state index in [4.69, 9.17) is 0 Å². The summed E-state index contributed by atoms with van der Waals surface area (Å²) >= 11 is 0. The van der Waals surface area contributed by atoms with Gasteiger partial charge in [0.1, 0.15) is 10.1 Å². The van der Waals surface area contributed by atoms with E-state index in [1.807, 2.05) is 0 Å². The average Bonchev–Trinajstić information content (AvgIpc) is 2.25. The molecule has 0 N–H and O–H groups in total. The van der Waals surface area contributed by atoms with Crippen molar-refractivity contribution in [2.24, 2.45) is 0 Å². The molecule has 0 unspecified atom stereocenters. The van der Waals surface area contributed by atoms with Crippen molar-refractivity contribution in [3.63, 3.8) is 0 Å². The quantitative estimate of drug-likeness (QED) is 0.258. The molecule has 0 atom stereocenters. The summed E-state index contributed by atoms with van der Waals surface area (Å²) in [6.45, 7) is 3.04. The van der Waals surface area contributed by atoms with Crippen LogP contribution in [0.2, 0.25) is 0 Å². The molecule has 0 aliphatic carbocycles. The van der Waals surface area contributed by atoms with Crippen molar-refractivity contribution in [3.8, 4) is 0 Å². The molecule has 18 heavy (non-hydrogen) atoms. The minimum atomic E-state index is -4.70. The fraction of sp³-hybridized carbons (Fsp3) is 0.111. The summed E-state index contributed by atoms with van der Waals surface area (Å²) < 4.78 is 59.7. The maximum atomic E-state index is 11.5. The van der Waals surface area contributed by atoms with Crippen LogP contribution in [0.4, 0.5) is 0 Å². The van der Waals surface area contributed by atoms with Gasteiger partial charge in [-0.15, -0.1) is 6.58 Å². The van der Waals surface area contributed by atoms with Gasteiger partial charge in [0.15, 0.2) is 0 Å². The molecular formula is C9H9NaO6S2. The third-order valence-corrected chi connectivity index (χ3v) is 3.83. The van der Waals surface area contributed by atoms with Crippen LogP contribution in [0.3, 0.4) is 0 Å². The van der Waals surface area contributed by atoms with E-state index < -0.39 is 30.0 Å². The van der Waals surface area contributed by atoms with Crippen LogP contribution in [-0.2, 0) is 24.4 Å². The third-order valence-electron chi connectivity index (χ3n) is 1.72. The van der Waals surface area contributed by atoms with E-state index in [0.29, 0.717) is 0 Å². The first-order chi connectivity index (χ1) is 7.77. The second kappa shape index (κ2) is 6.80. The summed E-state index contributed by atoms with van der Waals surface area (Å²) in [5.74, 6) is 0. The summed E-state index contributed by atoms with van der Waals surface area (Å²) in [6, 6.07) is 4.04. The number of hydrogen-bond acceptors (Lipinski definition) is 6. The molecule has 0 aromatic heterocycles. The van der Waals surface area contributed by atoms with Crippen LogP contribution < -0.4 is 29.6 Å². The van der Waals surface area contributed by atoms with Crippen LogP contribution in [0, 0.1) is 0 Å². The minimum absolute atomic E-state index is 0. The summed E-state index contributed by atoms with van der Waals surface area (Å²) in [5.41, 5.74) is 0. The van der Waals surface area contributed by atoms with Gasteiger partial charge in [0, 0.05) is 0 Å². The Labute approximate surface area is 128 Å². The van der Waals surface area contributed by atoms with Crippen molar-refractivity contribution in [2.75, 3.05) is 6.61 Å². The topological polar surface area (TPSA) is 101 Å². The Kier molecular flexibility index (Phi) is 6.72. The molecule has 0 fully saturated rings. The van der Waals surface area contributed by atoms with Gasteiger partial charge in [-0.3, -0.25) is 4.18 Å². The predicted octanol–water partition coefficient (Wildman–Crippen LogP) is -2.51. The van der Waals surface area contributed by atoms with E-state index in [1.54, 1.807) is 0 Å². The molecule has 0 saturated heterocycles. The van der Waals surface area contributed by atoms with Gasteiger partial charge >= 0.3 is 29.6 Å². The molecule has 0 aliphatic heterocycles. The Morgan fingerprint density at radius 1 is 1.22 bits per heavy atom. The molecule has 0 radical (unpaired) electrons. The van der Waals surface area contributed by atoms with E-state index in [0.717, 1.165) is 24.3 Å². The van der Waals surface area contributed by atoms with Gasteiger partial charge in [0.05, 0.1) is 16.4 Å².